The highest BCUT2D eigenvalue weighted by Gasteiger charge is 2.27. The molecule has 0 heteroatoms. The summed E-state index contributed by atoms with van der Waals surface area (Å²) in [5.74, 6) is 1.03. The smallest absolute Gasteiger partial charge is 0.00990 e. The summed E-state index contributed by atoms with van der Waals surface area (Å²) >= 11 is 0. The topological polar surface area (TPSA) is 0 Å². The number of fused-ring (bicyclic) bond motifs is 6. The van der Waals surface area contributed by atoms with Gasteiger partial charge in [-0.25, -0.2) is 0 Å². The van der Waals surface area contributed by atoms with Gasteiger partial charge < -0.3 is 0 Å². The lowest BCUT2D eigenvalue weighted by Gasteiger charge is -2.10. The minimum absolute atomic E-state index is 0.513. The molecule has 0 fully saturated rings. The summed E-state index contributed by atoms with van der Waals surface area (Å²) in [6, 6.07) is 49.4. The third-order valence-electron chi connectivity index (χ3n) is 10.1. The van der Waals surface area contributed by atoms with Crippen LogP contribution in [0.4, 0.5) is 0 Å². The number of hydrogen-bond donors (Lipinski definition) is 0. The van der Waals surface area contributed by atoms with E-state index in [0.717, 1.165) is 12.8 Å². The maximum atomic E-state index is 2.36. The highest BCUT2D eigenvalue weighted by molar-refractivity contribution is 5.84. The van der Waals surface area contributed by atoms with E-state index in [1.165, 1.54) is 77.9 Å². The molecular weight excluding hydrogens is 553 g/mol. The summed E-state index contributed by atoms with van der Waals surface area (Å²) < 4.78 is 0. The van der Waals surface area contributed by atoms with Gasteiger partial charge in [0.15, 0.2) is 0 Å². The molecule has 6 aromatic carbocycles. The van der Waals surface area contributed by atoms with Crippen molar-refractivity contribution in [2.45, 2.75) is 38.5 Å². The SMILES string of the molecule is CCC1c2ccccc2-c2cc(/C=C/c3ccc(-c4ccc(/C=C/c5ccc6c(c5)-c5ccccc5C6CC)cc4)cc3)ccc21. The van der Waals surface area contributed by atoms with Crippen molar-refractivity contribution in [3.63, 3.8) is 0 Å². The van der Waals surface area contributed by atoms with Crippen molar-refractivity contribution in [1.29, 1.82) is 0 Å². The molecule has 0 N–H and O–H groups in total. The zero-order valence-corrected chi connectivity index (χ0v) is 26.6. The lowest BCUT2D eigenvalue weighted by Crippen LogP contribution is -1.93. The third kappa shape index (κ3) is 5.05. The van der Waals surface area contributed by atoms with Crippen LogP contribution in [-0.2, 0) is 0 Å². The Balaban J connectivity index is 0.952. The Bertz CT molecular complexity index is 1950. The summed E-state index contributed by atoms with van der Waals surface area (Å²) in [6.07, 6.45) is 11.2. The number of hydrogen-bond acceptors (Lipinski definition) is 0. The standard InChI is InChI=1S/C46H38/c1-3-37-39-9-5-7-11-41(39)45-29-33(21-27-43(37)45)15-13-31-17-23-35(24-18-31)36-25-19-32(20-26-36)14-16-34-22-28-44-38(4-2)40-10-6-8-12-42(40)46(44)30-34/h5-30,37-38H,3-4H2,1-2H3/b15-13+,16-14+. The van der Waals surface area contributed by atoms with Gasteiger partial charge in [0.25, 0.3) is 0 Å². The van der Waals surface area contributed by atoms with Gasteiger partial charge in [0.1, 0.15) is 0 Å². The molecule has 46 heavy (non-hydrogen) atoms. The van der Waals surface area contributed by atoms with Gasteiger partial charge in [0.05, 0.1) is 0 Å². The van der Waals surface area contributed by atoms with Gasteiger partial charge in [0.2, 0.25) is 0 Å². The Morgan fingerprint density at radius 1 is 0.370 bits per heavy atom. The third-order valence-corrected chi connectivity index (χ3v) is 10.1. The predicted octanol–water partition coefficient (Wildman–Crippen LogP) is 12.7. The van der Waals surface area contributed by atoms with E-state index in [1.807, 2.05) is 0 Å². The molecule has 0 saturated heterocycles. The summed E-state index contributed by atoms with van der Waals surface area (Å²) in [4.78, 5) is 0. The molecule has 0 nitrogen and oxygen atoms in total. The molecule has 0 heterocycles. The average Bonchev–Trinajstić information content (AvgIpc) is 3.61. The molecule has 2 aliphatic carbocycles. The quantitative estimate of drug-likeness (QED) is 0.162. The fourth-order valence-corrected chi connectivity index (χ4v) is 7.69. The minimum Gasteiger partial charge on any atom is -0.0645 e. The van der Waals surface area contributed by atoms with E-state index in [4.69, 9.17) is 0 Å². The average molecular weight is 591 g/mol. The van der Waals surface area contributed by atoms with Gasteiger partial charge in [-0.05, 0) is 103 Å². The van der Waals surface area contributed by atoms with E-state index >= 15 is 0 Å². The number of benzene rings is 6. The van der Waals surface area contributed by atoms with E-state index < -0.39 is 0 Å². The van der Waals surface area contributed by atoms with Crippen LogP contribution in [0.2, 0.25) is 0 Å². The van der Waals surface area contributed by atoms with E-state index in [2.05, 4.69) is 172 Å². The molecule has 0 bridgehead atoms. The predicted molar refractivity (Wildman–Crippen MR) is 198 cm³/mol. The van der Waals surface area contributed by atoms with Crippen LogP contribution in [0.5, 0.6) is 0 Å². The summed E-state index contributed by atoms with van der Waals surface area (Å²) in [5, 5.41) is 0. The maximum Gasteiger partial charge on any atom is 0.00990 e. The second-order valence-electron chi connectivity index (χ2n) is 12.7. The largest absolute Gasteiger partial charge is 0.0645 e. The van der Waals surface area contributed by atoms with Crippen molar-refractivity contribution in [3.8, 4) is 33.4 Å². The molecule has 0 radical (unpaired) electrons. The maximum absolute atomic E-state index is 2.36. The Labute approximate surface area is 273 Å². The molecule has 0 aromatic heterocycles. The normalized spacial score (nSPS) is 16.0. The van der Waals surface area contributed by atoms with Crippen LogP contribution in [0, 0.1) is 0 Å². The molecule has 0 aliphatic heterocycles. The first-order valence-electron chi connectivity index (χ1n) is 16.7. The summed E-state index contributed by atoms with van der Waals surface area (Å²) in [7, 11) is 0. The zero-order chi connectivity index (χ0) is 31.0. The molecule has 2 unspecified atom stereocenters. The van der Waals surface area contributed by atoms with Crippen LogP contribution in [0.15, 0.2) is 133 Å². The Kier molecular flexibility index (Phi) is 7.35. The molecule has 2 atom stereocenters. The number of rotatable bonds is 7. The Morgan fingerprint density at radius 3 is 1.13 bits per heavy atom. The minimum atomic E-state index is 0.513. The van der Waals surface area contributed by atoms with Crippen molar-refractivity contribution >= 4 is 24.3 Å². The molecule has 0 spiro atoms. The molecule has 6 aromatic rings. The van der Waals surface area contributed by atoms with Crippen molar-refractivity contribution < 1.29 is 0 Å². The van der Waals surface area contributed by atoms with Crippen LogP contribution < -0.4 is 0 Å². The second kappa shape index (κ2) is 12.0. The van der Waals surface area contributed by atoms with Crippen LogP contribution in [0.25, 0.3) is 57.7 Å². The van der Waals surface area contributed by atoms with Crippen molar-refractivity contribution in [2.24, 2.45) is 0 Å². The fraction of sp³-hybridized carbons (Fsp3) is 0.130. The molecule has 2 aliphatic rings. The Morgan fingerprint density at radius 2 is 0.717 bits per heavy atom. The summed E-state index contributed by atoms with van der Waals surface area (Å²) in [6.45, 7) is 4.58. The van der Waals surface area contributed by atoms with E-state index in [-0.39, 0.29) is 0 Å². The first-order valence-corrected chi connectivity index (χ1v) is 16.7. The fourth-order valence-electron chi connectivity index (χ4n) is 7.69. The van der Waals surface area contributed by atoms with Gasteiger partial charge >= 0.3 is 0 Å². The highest BCUT2D eigenvalue weighted by Crippen LogP contribution is 2.47. The van der Waals surface area contributed by atoms with Crippen molar-refractivity contribution in [2.75, 3.05) is 0 Å². The highest BCUT2D eigenvalue weighted by atomic mass is 14.3. The van der Waals surface area contributed by atoms with Crippen LogP contribution in [0.1, 0.15) is 83.0 Å². The van der Waals surface area contributed by atoms with Gasteiger partial charge in [-0.15, -0.1) is 0 Å². The molecule has 8 rings (SSSR count). The van der Waals surface area contributed by atoms with Gasteiger partial charge in [-0.3, -0.25) is 0 Å². The first kappa shape index (κ1) is 28.3. The second-order valence-corrected chi connectivity index (χ2v) is 12.7. The Hall–Kier alpha value is -5.20. The van der Waals surface area contributed by atoms with E-state index in [1.54, 1.807) is 0 Å². The van der Waals surface area contributed by atoms with Crippen LogP contribution in [-0.4, -0.2) is 0 Å². The van der Waals surface area contributed by atoms with Gasteiger partial charge in [-0.2, -0.15) is 0 Å². The van der Waals surface area contributed by atoms with Crippen LogP contribution >= 0.6 is 0 Å². The first-order chi connectivity index (χ1) is 22.7. The van der Waals surface area contributed by atoms with E-state index in [0.29, 0.717) is 11.8 Å². The van der Waals surface area contributed by atoms with E-state index in [9.17, 15) is 0 Å². The van der Waals surface area contributed by atoms with Crippen molar-refractivity contribution in [3.05, 3.63) is 178 Å². The monoisotopic (exact) mass is 590 g/mol. The molecule has 0 saturated carbocycles. The van der Waals surface area contributed by atoms with Crippen LogP contribution in [0.3, 0.4) is 0 Å². The summed E-state index contributed by atoms with van der Waals surface area (Å²) in [5.41, 5.74) is 18.8. The lowest BCUT2D eigenvalue weighted by molar-refractivity contribution is 0.797. The molecule has 0 amide bonds. The zero-order valence-electron chi connectivity index (χ0n) is 26.6. The van der Waals surface area contributed by atoms with Crippen molar-refractivity contribution in [1.82, 2.24) is 0 Å². The lowest BCUT2D eigenvalue weighted by atomic mass is 9.94. The molecule has 222 valence electrons. The molecular formula is C46H38. The van der Waals surface area contributed by atoms with Gasteiger partial charge in [-0.1, -0.05) is 159 Å². The van der Waals surface area contributed by atoms with Gasteiger partial charge in [0, 0.05) is 11.8 Å².